The van der Waals surface area contributed by atoms with E-state index in [9.17, 15) is 4.79 Å². The summed E-state index contributed by atoms with van der Waals surface area (Å²) in [7, 11) is 0. The van der Waals surface area contributed by atoms with E-state index in [1.807, 2.05) is 11.0 Å². The summed E-state index contributed by atoms with van der Waals surface area (Å²) in [6, 6.07) is 1.83. The molecule has 1 atom stereocenters. The van der Waals surface area contributed by atoms with Crippen molar-refractivity contribution in [1.82, 2.24) is 24.8 Å². The molecule has 4 rings (SSSR count). The van der Waals surface area contributed by atoms with Gasteiger partial charge >= 0.3 is 0 Å². The van der Waals surface area contributed by atoms with Gasteiger partial charge in [-0.05, 0) is 25.3 Å². The molecule has 1 spiro atoms. The minimum absolute atomic E-state index is 0.0203. The standard InChI is InChI=1S/C17H20N6O/c24-15(14-11-18-7-8-19-14)22-10-4-17(12-22)3-1-9-23(13-17)16-20-5-2-6-21-16/h2,5-8,11H,1,3-4,9-10,12-13H2. The maximum absolute atomic E-state index is 12.6. The van der Waals surface area contributed by atoms with Crippen molar-refractivity contribution in [3.05, 3.63) is 42.7 Å². The molecule has 1 unspecified atom stereocenters. The van der Waals surface area contributed by atoms with E-state index in [1.54, 1.807) is 24.8 Å². The third-order valence-corrected chi connectivity index (χ3v) is 5.00. The molecule has 7 nitrogen and oxygen atoms in total. The average Bonchev–Trinajstić information content (AvgIpc) is 3.06. The maximum atomic E-state index is 12.6. The van der Waals surface area contributed by atoms with Crippen molar-refractivity contribution in [3.8, 4) is 0 Å². The summed E-state index contributed by atoms with van der Waals surface area (Å²) >= 11 is 0. The topological polar surface area (TPSA) is 75.1 Å². The molecular weight excluding hydrogens is 304 g/mol. The fraction of sp³-hybridized carbons (Fsp3) is 0.471. The van der Waals surface area contributed by atoms with Gasteiger partial charge in [-0.25, -0.2) is 15.0 Å². The van der Waals surface area contributed by atoms with E-state index < -0.39 is 0 Å². The first-order valence-corrected chi connectivity index (χ1v) is 8.33. The summed E-state index contributed by atoms with van der Waals surface area (Å²) in [4.78, 5) is 33.7. The third-order valence-electron chi connectivity index (χ3n) is 5.00. The van der Waals surface area contributed by atoms with Gasteiger partial charge in [0.25, 0.3) is 5.91 Å². The fourth-order valence-electron chi connectivity index (χ4n) is 3.85. The molecule has 2 fully saturated rings. The summed E-state index contributed by atoms with van der Waals surface area (Å²) < 4.78 is 0. The molecule has 24 heavy (non-hydrogen) atoms. The van der Waals surface area contributed by atoms with E-state index >= 15 is 0 Å². The van der Waals surface area contributed by atoms with Crippen LogP contribution >= 0.6 is 0 Å². The van der Waals surface area contributed by atoms with E-state index in [-0.39, 0.29) is 11.3 Å². The summed E-state index contributed by atoms with van der Waals surface area (Å²) in [5.74, 6) is 0.767. The molecule has 4 heterocycles. The highest BCUT2D eigenvalue weighted by atomic mass is 16.2. The van der Waals surface area contributed by atoms with Gasteiger partial charge in [-0.3, -0.25) is 9.78 Å². The van der Waals surface area contributed by atoms with Crippen LogP contribution in [-0.4, -0.2) is 56.9 Å². The zero-order valence-electron chi connectivity index (χ0n) is 13.5. The van der Waals surface area contributed by atoms with Gasteiger partial charge in [-0.2, -0.15) is 0 Å². The molecule has 2 aliphatic heterocycles. The molecule has 0 aliphatic carbocycles. The molecule has 0 N–H and O–H groups in total. The van der Waals surface area contributed by atoms with Crippen LogP contribution in [0.15, 0.2) is 37.1 Å². The van der Waals surface area contributed by atoms with Crippen LogP contribution in [0.4, 0.5) is 5.95 Å². The van der Waals surface area contributed by atoms with Crippen molar-refractivity contribution in [2.24, 2.45) is 5.41 Å². The zero-order chi connectivity index (χ0) is 16.4. The maximum Gasteiger partial charge on any atom is 0.274 e. The van der Waals surface area contributed by atoms with Gasteiger partial charge in [0.05, 0.1) is 6.20 Å². The number of rotatable bonds is 2. The number of piperidine rings is 1. The number of likely N-dealkylation sites (tertiary alicyclic amines) is 1. The fourth-order valence-corrected chi connectivity index (χ4v) is 3.85. The van der Waals surface area contributed by atoms with Crippen LogP contribution in [0.25, 0.3) is 0 Å². The van der Waals surface area contributed by atoms with Gasteiger partial charge in [0.1, 0.15) is 5.69 Å². The Balaban J connectivity index is 1.48. The highest BCUT2D eigenvalue weighted by molar-refractivity contribution is 5.92. The van der Waals surface area contributed by atoms with Crippen LogP contribution in [0, 0.1) is 5.41 Å². The molecule has 0 radical (unpaired) electrons. The van der Waals surface area contributed by atoms with Crippen molar-refractivity contribution in [2.75, 3.05) is 31.1 Å². The van der Waals surface area contributed by atoms with Crippen LogP contribution in [-0.2, 0) is 0 Å². The second kappa shape index (κ2) is 6.14. The average molecular weight is 324 g/mol. The number of carbonyl (C=O) groups is 1. The summed E-state index contributed by atoms with van der Waals surface area (Å²) in [5.41, 5.74) is 0.559. The first kappa shape index (κ1) is 15.0. The number of hydrogen-bond donors (Lipinski definition) is 0. The number of hydrogen-bond acceptors (Lipinski definition) is 6. The predicted molar refractivity (Wildman–Crippen MR) is 88.5 cm³/mol. The molecule has 0 saturated carbocycles. The first-order chi connectivity index (χ1) is 11.8. The van der Waals surface area contributed by atoms with E-state index in [0.29, 0.717) is 5.69 Å². The normalized spacial score (nSPS) is 23.7. The van der Waals surface area contributed by atoms with E-state index in [0.717, 1.165) is 51.4 Å². The van der Waals surface area contributed by atoms with Gasteiger partial charge in [0.15, 0.2) is 0 Å². The van der Waals surface area contributed by atoms with Crippen molar-refractivity contribution >= 4 is 11.9 Å². The molecule has 2 aliphatic rings. The number of aromatic nitrogens is 4. The Kier molecular flexibility index (Phi) is 3.84. The van der Waals surface area contributed by atoms with Crippen molar-refractivity contribution in [2.45, 2.75) is 19.3 Å². The Labute approximate surface area is 140 Å². The Hall–Kier alpha value is -2.57. The van der Waals surface area contributed by atoms with Crippen LogP contribution in [0.2, 0.25) is 0 Å². The van der Waals surface area contributed by atoms with E-state index in [2.05, 4.69) is 24.8 Å². The van der Waals surface area contributed by atoms with E-state index in [1.165, 1.54) is 6.20 Å². The smallest absolute Gasteiger partial charge is 0.274 e. The molecule has 0 bridgehead atoms. The van der Waals surface area contributed by atoms with E-state index in [4.69, 9.17) is 0 Å². The number of nitrogens with zero attached hydrogens (tertiary/aromatic N) is 6. The lowest BCUT2D eigenvalue weighted by Gasteiger charge is -2.40. The summed E-state index contributed by atoms with van der Waals surface area (Å²) in [5, 5.41) is 0. The third kappa shape index (κ3) is 2.81. The Morgan fingerprint density at radius 1 is 1.00 bits per heavy atom. The summed E-state index contributed by atoms with van der Waals surface area (Å²) in [6.07, 6.45) is 11.5. The SMILES string of the molecule is O=C(c1cnccn1)N1CCC2(CCCN(c3ncccn3)C2)C1. The van der Waals surface area contributed by atoms with Gasteiger partial charge in [0.2, 0.25) is 5.95 Å². The van der Waals surface area contributed by atoms with Crippen LogP contribution in [0.1, 0.15) is 29.8 Å². The molecule has 2 aromatic rings. The van der Waals surface area contributed by atoms with Crippen LogP contribution < -0.4 is 4.90 Å². The zero-order valence-corrected chi connectivity index (χ0v) is 13.5. The minimum atomic E-state index is -0.0203. The molecule has 2 aromatic heterocycles. The summed E-state index contributed by atoms with van der Waals surface area (Å²) in [6.45, 7) is 3.43. The van der Waals surface area contributed by atoms with Gasteiger partial charge in [-0.15, -0.1) is 0 Å². The number of carbonyl (C=O) groups excluding carboxylic acids is 1. The Bertz CT molecular complexity index is 710. The lowest BCUT2D eigenvalue weighted by molar-refractivity contribution is 0.0761. The highest BCUT2D eigenvalue weighted by Gasteiger charge is 2.43. The molecule has 7 heteroatoms. The largest absolute Gasteiger partial charge is 0.340 e. The molecule has 1 amide bonds. The monoisotopic (exact) mass is 324 g/mol. The molecular formula is C17H20N6O. The van der Waals surface area contributed by atoms with Crippen molar-refractivity contribution < 1.29 is 4.79 Å². The highest BCUT2D eigenvalue weighted by Crippen LogP contribution is 2.40. The van der Waals surface area contributed by atoms with Gasteiger partial charge in [0, 0.05) is 56.4 Å². The van der Waals surface area contributed by atoms with Crippen LogP contribution in [0.3, 0.4) is 0 Å². The number of amides is 1. The Morgan fingerprint density at radius 2 is 1.88 bits per heavy atom. The lowest BCUT2D eigenvalue weighted by atomic mass is 9.79. The molecule has 0 aromatic carbocycles. The van der Waals surface area contributed by atoms with Gasteiger partial charge in [-0.1, -0.05) is 0 Å². The van der Waals surface area contributed by atoms with Crippen molar-refractivity contribution in [3.63, 3.8) is 0 Å². The molecule has 2 saturated heterocycles. The lowest BCUT2D eigenvalue weighted by Crippen LogP contribution is -2.46. The first-order valence-electron chi connectivity index (χ1n) is 8.33. The van der Waals surface area contributed by atoms with Gasteiger partial charge < -0.3 is 9.80 Å². The van der Waals surface area contributed by atoms with Crippen molar-refractivity contribution in [1.29, 1.82) is 0 Å². The Morgan fingerprint density at radius 3 is 2.67 bits per heavy atom. The van der Waals surface area contributed by atoms with Crippen LogP contribution in [0.5, 0.6) is 0 Å². The second-order valence-corrected chi connectivity index (χ2v) is 6.64. The minimum Gasteiger partial charge on any atom is -0.340 e. The molecule has 124 valence electrons. The predicted octanol–water partition coefficient (Wildman–Crippen LogP) is 1.40. The number of anilines is 1. The second-order valence-electron chi connectivity index (χ2n) is 6.64. The quantitative estimate of drug-likeness (QED) is 0.831.